The number of piperazine rings is 1. The summed E-state index contributed by atoms with van der Waals surface area (Å²) in [5.41, 5.74) is 0.636. The summed E-state index contributed by atoms with van der Waals surface area (Å²) in [4.78, 5) is 24.8. The third-order valence-electron chi connectivity index (χ3n) is 6.28. The Morgan fingerprint density at radius 3 is 2.41 bits per heavy atom. The first-order chi connectivity index (χ1) is 17.7. The fourth-order valence-electron chi connectivity index (χ4n) is 4.54. The van der Waals surface area contributed by atoms with Crippen molar-refractivity contribution in [3.63, 3.8) is 0 Å². The highest BCUT2D eigenvalue weighted by molar-refractivity contribution is 5.79. The van der Waals surface area contributed by atoms with Crippen LogP contribution in [0.15, 0.2) is 29.4 Å². The number of carbonyl (C=O) groups is 1. The van der Waals surface area contributed by atoms with Crippen LogP contribution in [0.4, 0.5) is 23.8 Å². The Morgan fingerprint density at radius 1 is 1.00 bits per heavy atom. The highest BCUT2D eigenvalue weighted by Crippen LogP contribution is 2.31. The molecule has 4 heterocycles. The molecule has 0 bridgehead atoms. The van der Waals surface area contributed by atoms with Gasteiger partial charge in [-0.25, -0.2) is 32.9 Å². The number of pyridine rings is 1. The van der Waals surface area contributed by atoms with Gasteiger partial charge in [0.05, 0.1) is 17.7 Å². The smallest absolute Gasteiger partial charge is 0.341 e. The van der Waals surface area contributed by atoms with Gasteiger partial charge in [-0.3, -0.25) is 0 Å². The van der Waals surface area contributed by atoms with Crippen molar-refractivity contribution in [3.05, 3.63) is 64.5 Å². The van der Waals surface area contributed by atoms with Gasteiger partial charge in [-0.15, -0.1) is 5.10 Å². The van der Waals surface area contributed by atoms with Crippen molar-refractivity contribution in [3.8, 4) is 11.9 Å². The second-order valence-corrected chi connectivity index (χ2v) is 8.75. The van der Waals surface area contributed by atoms with Gasteiger partial charge in [-0.2, -0.15) is 15.0 Å². The second-order valence-electron chi connectivity index (χ2n) is 8.75. The monoisotopic (exact) mass is 509 g/mol. The minimum atomic E-state index is -0.863. The van der Waals surface area contributed by atoms with Crippen LogP contribution in [-0.4, -0.2) is 68.1 Å². The summed E-state index contributed by atoms with van der Waals surface area (Å²) in [7, 11) is 0. The molecular formula is C24H22F3N9O. The van der Waals surface area contributed by atoms with Crippen LogP contribution in [0.1, 0.15) is 35.2 Å². The zero-order valence-corrected chi connectivity index (χ0v) is 20.1. The molecule has 5 rings (SSSR count). The minimum absolute atomic E-state index is 0.0445. The van der Waals surface area contributed by atoms with Crippen LogP contribution in [0.25, 0.3) is 5.82 Å². The van der Waals surface area contributed by atoms with E-state index in [2.05, 4.69) is 20.2 Å². The first-order valence-corrected chi connectivity index (χ1v) is 11.6. The molecule has 1 aromatic carbocycles. The van der Waals surface area contributed by atoms with Crippen molar-refractivity contribution in [2.45, 2.75) is 26.3 Å². The maximum atomic E-state index is 14.7. The quantitative estimate of drug-likeness (QED) is 0.537. The molecule has 3 aromatic rings. The summed E-state index contributed by atoms with van der Waals surface area (Å²) in [5, 5.41) is 18.7. The van der Waals surface area contributed by atoms with E-state index in [9.17, 15) is 18.0 Å². The van der Waals surface area contributed by atoms with Gasteiger partial charge in [0.25, 0.3) is 0 Å². The first-order valence-electron chi connectivity index (χ1n) is 11.6. The lowest BCUT2D eigenvalue weighted by Crippen LogP contribution is -2.52. The van der Waals surface area contributed by atoms with Crippen LogP contribution in [0.3, 0.4) is 0 Å². The molecule has 2 aliphatic heterocycles. The number of aromatic nitrogens is 4. The van der Waals surface area contributed by atoms with Gasteiger partial charge < -0.3 is 9.80 Å². The summed E-state index contributed by atoms with van der Waals surface area (Å²) >= 11 is 0. The number of hydrazone groups is 1. The number of amides is 2. The number of urea groups is 1. The van der Waals surface area contributed by atoms with Gasteiger partial charge in [0.1, 0.15) is 17.5 Å². The predicted molar refractivity (Wildman–Crippen MR) is 127 cm³/mol. The van der Waals surface area contributed by atoms with Crippen LogP contribution in [0.2, 0.25) is 0 Å². The Morgan fingerprint density at radius 2 is 1.73 bits per heavy atom. The Labute approximate surface area is 210 Å². The third kappa shape index (κ3) is 4.57. The normalized spacial score (nSPS) is 17.4. The van der Waals surface area contributed by atoms with E-state index in [1.165, 1.54) is 15.8 Å². The van der Waals surface area contributed by atoms with E-state index >= 15 is 0 Å². The Bertz CT molecular complexity index is 1440. The molecule has 1 atom stereocenters. The summed E-state index contributed by atoms with van der Waals surface area (Å²) in [6.45, 7) is 4.27. The van der Waals surface area contributed by atoms with Crippen LogP contribution < -0.4 is 4.90 Å². The summed E-state index contributed by atoms with van der Waals surface area (Å²) in [6, 6.07) is 5.72. The van der Waals surface area contributed by atoms with Gasteiger partial charge in [-0.1, -0.05) is 0 Å². The molecule has 190 valence electrons. The largest absolute Gasteiger partial charge is 0.351 e. The van der Waals surface area contributed by atoms with Gasteiger partial charge in [-0.05, 0) is 37.6 Å². The molecule has 2 aliphatic rings. The van der Waals surface area contributed by atoms with Gasteiger partial charge >= 0.3 is 6.03 Å². The fourth-order valence-corrected chi connectivity index (χ4v) is 4.54. The summed E-state index contributed by atoms with van der Waals surface area (Å²) in [5.74, 6) is -1.60. The van der Waals surface area contributed by atoms with Gasteiger partial charge in [0.2, 0.25) is 0 Å². The van der Waals surface area contributed by atoms with Crippen molar-refractivity contribution in [1.29, 1.82) is 5.26 Å². The van der Waals surface area contributed by atoms with Crippen molar-refractivity contribution in [2.24, 2.45) is 5.10 Å². The maximum absolute atomic E-state index is 14.7. The summed E-state index contributed by atoms with van der Waals surface area (Å²) < 4.78 is 44.5. The van der Waals surface area contributed by atoms with E-state index in [1.807, 2.05) is 6.07 Å². The molecule has 0 spiro atoms. The first kappa shape index (κ1) is 24.2. The van der Waals surface area contributed by atoms with Crippen molar-refractivity contribution in [2.75, 3.05) is 31.1 Å². The molecule has 1 unspecified atom stereocenters. The molecule has 0 saturated carbocycles. The topological polar surface area (TPSA) is 107 Å². The number of nitrogens with zero attached hydrogens (tertiary/aromatic N) is 9. The Balaban J connectivity index is 1.31. The molecule has 0 N–H and O–H groups in total. The van der Waals surface area contributed by atoms with E-state index < -0.39 is 23.5 Å². The number of nitriles is 1. The van der Waals surface area contributed by atoms with Crippen LogP contribution in [0, 0.1) is 42.6 Å². The molecule has 2 aromatic heterocycles. The number of carbonyl (C=O) groups excluding carboxylic acids is 1. The van der Waals surface area contributed by atoms with E-state index in [0.717, 1.165) is 12.1 Å². The second kappa shape index (κ2) is 9.53. The number of halogens is 3. The van der Waals surface area contributed by atoms with Crippen molar-refractivity contribution >= 4 is 18.1 Å². The molecule has 37 heavy (non-hydrogen) atoms. The summed E-state index contributed by atoms with van der Waals surface area (Å²) in [6.07, 6.45) is 1.96. The van der Waals surface area contributed by atoms with Crippen LogP contribution in [0.5, 0.6) is 0 Å². The number of benzene rings is 1. The SMILES string of the molecule is Cc1nc(C)n(-c2nc(N3CCN(C(=O)N4N=CCC4c4cc(F)cc(C#N)c4)CC3)c(F)cc2F)n1. The van der Waals surface area contributed by atoms with E-state index in [0.29, 0.717) is 23.6 Å². The lowest BCUT2D eigenvalue weighted by Gasteiger charge is -2.37. The zero-order chi connectivity index (χ0) is 26.3. The van der Waals surface area contributed by atoms with Crippen molar-refractivity contribution < 1.29 is 18.0 Å². The molecule has 2 amide bonds. The Kier molecular flexibility index (Phi) is 6.24. The molecule has 1 fully saturated rings. The van der Waals surface area contributed by atoms with Crippen LogP contribution >= 0.6 is 0 Å². The number of rotatable bonds is 3. The number of anilines is 1. The number of hydrogen-bond donors (Lipinski definition) is 0. The van der Waals surface area contributed by atoms with Crippen molar-refractivity contribution in [1.82, 2.24) is 29.7 Å². The van der Waals surface area contributed by atoms with Gasteiger partial charge in [0, 0.05) is 44.9 Å². The highest BCUT2D eigenvalue weighted by Gasteiger charge is 2.34. The molecular weight excluding hydrogens is 487 g/mol. The standard InChI is InChI=1S/C24H22F3N9O/c1-14-30-15(2)35(32-14)23-20(27)12-19(26)22(31-23)33-5-7-34(8-6-33)24(37)36-21(3-4-29-36)17-9-16(13-28)10-18(25)11-17/h4,9-12,21H,3,5-8H2,1-2H3. The van der Waals surface area contributed by atoms with E-state index in [-0.39, 0.29) is 49.4 Å². The third-order valence-corrected chi connectivity index (χ3v) is 6.28. The lowest BCUT2D eigenvalue weighted by molar-refractivity contribution is 0.139. The molecule has 10 nitrogen and oxygen atoms in total. The Hall–Kier alpha value is -4.47. The highest BCUT2D eigenvalue weighted by atomic mass is 19.1. The van der Waals surface area contributed by atoms with Crippen LogP contribution in [-0.2, 0) is 0 Å². The molecule has 0 radical (unpaired) electrons. The molecule has 1 saturated heterocycles. The minimum Gasteiger partial charge on any atom is -0.351 e. The average Bonchev–Trinajstić information content (AvgIpc) is 3.49. The number of hydrogen-bond acceptors (Lipinski definition) is 7. The predicted octanol–water partition coefficient (Wildman–Crippen LogP) is 3.24. The zero-order valence-electron chi connectivity index (χ0n) is 20.1. The lowest BCUT2D eigenvalue weighted by atomic mass is 10.0. The number of aryl methyl sites for hydroxylation is 2. The molecule has 13 heteroatoms. The van der Waals surface area contributed by atoms with E-state index in [4.69, 9.17) is 5.26 Å². The maximum Gasteiger partial charge on any atom is 0.341 e. The van der Waals surface area contributed by atoms with Gasteiger partial charge in [0.15, 0.2) is 23.3 Å². The fraction of sp³-hybridized carbons (Fsp3) is 0.333. The average molecular weight is 509 g/mol. The van der Waals surface area contributed by atoms with E-state index in [1.54, 1.807) is 35.9 Å². The molecule has 0 aliphatic carbocycles.